The van der Waals surface area contributed by atoms with Gasteiger partial charge in [0.25, 0.3) is 0 Å². The zero-order chi connectivity index (χ0) is 16.8. The highest BCUT2D eigenvalue weighted by molar-refractivity contribution is 5.81. The molecular formula is C19H26N2O2. The van der Waals surface area contributed by atoms with E-state index in [9.17, 15) is 10.1 Å². The second-order valence-electron chi connectivity index (χ2n) is 6.53. The van der Waals surface area contributed by atoms with E-state index in [4.69, 9.17) is 4.84 Å². The van der Waals surface area contributed by atoms with Gasteiger partial charge in [0.05, 0.1) is 19.1 Å². The van der Waals surface area contributed by atoms with Crippen LogP contribution in [0.15, 0.2) is 18.2 Å². The first-order chi connectivity index (χ1) is 11.0. The Morgan fingerprint density at radius 1 is 1.39 bits per heavy atom. The van der Waals surface area contributed by atoms with Crippen molar-refractivity contribution in [1.82, 2.24) is 5.06 Å². The Morgan fingerprint density at radius 2 is 2.09 bits per heavy atom. The maximum atomic E-state index is 12.4. The quantitative estimate of drug-likeness (QED) is 0.809. The minimum Gasteiger partial charge on any atom is -0.302 e. The number of hydrogen-bond acceptors (Lipinski definition) is 4. The van der Waals surface area contributed by atoms with Crippen molar-refractivity contribution in [3.63, 3.8) is 0 Å². The van der Waals surface area contributed by atoms with Crippen molar-refractivity contribution in [3.05, 3.63) is 34.9 Å². The third-order valence-corrected chi connectivity index (χ3v) is 4.83. The summed E-state index contributed by atoms with van der Waals surface area (Å²) in [6, 6.07) is 8.56. The summed E-state index contributed by atoms with van der Waals surface area (Å²) < 4.78 is 0. The predicted octanol–water partition coefficient (Wildman–Crippen LogP) is 3.22. The highest BCUT2D eigenvalue weighted by Gasteiger charge is 2.28. The summed E-state index contributed by atoms with van der Waals surface area (Å²) in [4.78, 5) is 17.6. The fourth-order valence-electron chi connectivity index (χ4n) is 3.30. The third-order valence-electron chi connectivity index (χ3n) is 4.83. The Hall–Kier alpha value is -1.70. The lowest BCUT2D eigenvalue weighted by Gasteiger charge is -2.32. The molecule has 0 saturated carbocycles. The van der Waals surface area contributed by atoms with Gasteiger partial charge >= 0.3 is 0 Å². The number of carbonyl (C=O) groups excluding carboxylic acids is 1. The highest BCUT2D eigenvalue weighted by Crippen LogP contribution is 2.27. The molecule has 1 aliphatic heterocycles. The molecule has 1 aromatic rings. The number of aryl methyl sites for hydroxylation is 2. The van der Waals surface area contributed by atoms with Crippen molar-refractivity contribution < 1.29 is 9.63 Å². The Kier molecular flexibility index (Phi) is 6.32. The molecule has 0 N–H and O–H groups in total. The molecule has 0 bridgehead atoms. The van der Waals surface area contributed by atoms with Gasteiger partial charge in [0.2, 0.25) is 0 Å². The van der Waals surface area contributed by atoms with E-state index in [0.717, 1.165) is 37.1 Å². The Bertz CT molecular complexity index is 584. The zero-order valence-electron chi connectivity index (χ0n) is 14.3. The van der Waals surface area contributed by atoms with Crippen LogP contribution < -0.4 is 0 Å². The molecule has 2 rings (SSSR count). The molecule has 0 aromatic heterocycles. The molecule has 0 radical (unpaired) electrons. The minimum absolute atomic E-state index is 0.166. The average molecular weight is 314 g/mol. The maximum absolute atomic E-state index is 12.4. The monoisotopic (exact) mass is 314 g/mol. The first kappa shape index (κ1) is 17.7. The number of hydrogen-bond donors (Lipinski definition) is 0. The van der Waals surface area contributed by atoms with Crippen molar-refractivity contribution in [2.24, 2.45) is 11.8 Å². The van der Waals surface area contributed by atoms with Gasteiger partial charge in [-0.15, -0.1) is 0 Å². The average Bonchev–Trinajstić information content (AvgIpc) is 2.56. The summed E-state index contributed by atoms with van der Waals surface area (Å²) in [7, 11) is 1.68. The fraction of sp³-hybridized carbons (Fsp3) is 0.579. The van der Waals surface area contributed by atoms with Gasteiger partial charge in [0, 0.05) is 25.9 Å². The predicted molar refractivity (Wildman–Crippen MR) is 89.7 cm³/mol. The van der Waals surface area contributed by atoms with E-state index in [1.165, 1.54) is 5.56 Å². The summed E-state index contributed by atoms with van der Waals surface area (Å²) in [6.07, 6.45) is 2.63. The van der Waals surface area contributed by atoms with E-state index >= 15 is 0 Å². The molecule has 1 saturated heterocycles. The fourth-order valence-corrected chi connectivity index (χ4v) is 3.30. The number of carbonyl (C=O) groups is 1. The van der Waals surface area contributed by atoms with Crippen LogP contribution in [0.4, 0.5) is 0 Å². The van der Waals surface area contributed by atoms with Crippen LogP contribution in [0.25, 0.3) is 0 Å². The first-order valence-electron chi connectivity index (χ1n) is 8.30. The molecule has 0 spiro atoms. The number of benzene rings is 1. The molecule has 1 heterocycles. The molecule has 1 aromatic carbocycles. The van der Waals surface area contributed by atoms with Crippen LogP contribution in [0, 0.1) is 37.0 Å². The van der Waals surface area contributed by atoms with Crippen molar-refractivity contribution in [1.29, 1.82) is 5.26 Å². The van der Waals surface area contributed by atoms with Gasteiger partial charge in [-0.05, 0) is 43.7 Å². The number of ketones is 1. The first-order valence-corrected chi connectivity index (χ1v) is 8.30. The van der Waals surface area contributed by atoms with Crippen LogP contribution in [0.3, 0.4) is 0 Å². The topological polar surface area (TPSA) is 53.3 Å². The molecular weight excluding hydrogens is 288 g/mol. The minimum atomic E-state index is -0.174. The smallest absolute Gasteiger partial charge is 0.138 e. The summed E-state index contributed by atoms with van der Waals surface area (Å²) in [5.74, 6) is 0.292. The van der Waals surface area contributed by atoms with E-state index in [0.29, 0.717) is 18.8 Å². The Morgan fingerprint density at radius 3 is 2.70 bits per heavy atom. The van der Waals surface area contributed by atoms with E-state index < -0.39 is 0 Å². The van der Waals surface area contributed by atoms with Crippen LogP contribution in [0.2, 0.25) is 0 Å². The zero-order valence-corrected chi connectivity index (χ0v) is 14.3. The van der Waals surface area contributed by atoms with Gasteiger partial charge < -0.3 is 4.84 Å². The molecule has 23 heavy (non-hydrogen) atoms. The van der Waals surface area contributed by atoms with Gasteiger partial charge in [-0.2, -0.15) is 10.3 Å². The lowest BCUT2D eigenvalue weighted by Crippen LogP contribution is -2.35. The van der Waals surface area contributed by atoms with Gasteiger partial charge in [-0.3, -0.25) is 4.79 Å². The second kappa shape index (κ2) is 8.24. The molecule has 0 amide bonds. The van der Waals surface area contributed by atoms with Gasteiger partial charge in [-0.25, -0.2) is 0 Å². The molecule has 1 unspecified atom stereocenters. The number of rotatable bonds is 6. The van der Waals surface area contributed by atoms with Crippen molar-refractivity contribution in [2.45, 2.75) is 39.5 Å². The summed E-state index contributed by atoms with van der Waals surface area (Å²) in [5, 5.41) is 11.4. The van der Waals surface area contributed by atoms with Gasteiger partial charge in [0.1, 0.15) is 5.78 Å². The van der Waals surface area contributed by atoms with Gasteiger partial charge in [0.15, 0.2) is 0 Å². The second-order valence-corrected chi connectivity index (χ2v) is 6.53. The summed E-state index contributed by atoms with van der Waals surface area (Å²) in [6.45, 7) is 5.74. The van der Waals surface area contributed by atoms with E-state index in [1.54, 1.807) is 7.11 Å². The van der Waals surface area contributed by atoms with Crippen LogP contribution in [-0.4, -0.2) is 31.0 Å². The van der Waals surface area contributed by atoms with E-state index in [-0.39, 0.29) is 11.7 Å². The third kappa shape index (κ3) is 4.89. The van der Waals surface area contributed by atoms with Gasteiger partial charge in [-0.1, -0.05) is 23.8 Å². The molecule has 0 aliphatic carbocycles. The SMILES string of the molecule is CON1CCC(C(C#N)CC(=O)Cc2cc(C)ccc2C)CC1. The van der Waals surface area contributed by atoms with E-state index in [1.807, 2.05) is 18.9 Å². The molecule has 1 fully saturated rings. The molecule has 4 nitrogen and oxygen atoms in total. The van der Waals surface area contributed by atoms with Crippen LogP contribution in [0.5, 0.6) is 0 Å². The normalized spacial score (nSPS) is 17.7. The number of Topliss-reactive ketones (excluding diaryl/α,β-unsaturated/α-hetero) is 1. The maximum Gasteiger partial charge on any atom is 0.138 e. The van der Waals surface area contributed by atoms with E-state index in [2.05, 4.69) is 24.3 Å². The number of nitriles is 1. The standard InChI is InChI=1S/C19H26N2O2/c1-14-4-5-15(2)17(10-14)11-19(22)12-18(13-20)16-6-8-21(23-3)9-7-16/h4-5,10,16,18H,6-9,11-12H2,1-3H3. The summed E-state index contributed by atoms with van der Waals surface area (Å²) in [5.41, 5.74) is 3.40. The van der Waals surface area contributed by atoms with Crippen molar-refractivity contribution >= 4 is 5.78 Å². The lowest BCUT2D eigenvalue weighted by molar-refractivity contribution is -0.150. The Labute approximate surface area is 139 Å². The number of hydroxylamine groups is 2. The Balaban J connectivity index is 1.93. The molecule has 1 atom stereocenters. The number of piperidine rings is 1. The molecule has 4 heteroatoms. The summed E-state index contributed by atoms with van der Waals surface area (Å²) >= 11 is 0. The van der Waals surface area contributed by atoms with Crippen LogP contribution in [0.1, 0.15) is 36.0 Å². The van der Waals surface area contributed by atoms with Crippen LogP contribution >= 0.6 is 0 Å². The van der Waals surface area contributed by atoms with Crippen molar-refractivity contribution in [3.8, 4) is 6.07 Å². The largest absolute Gasteiger partial charge is 0.302 e. The lowest BCUT2D eigenvalue weighted by atomic mass is 9.82. The highest BCUT2D eigenvalue weighted by atomic mass is 16.7. The van der Waals surface area contributed by atoms with Crippen LogP contribution in [-0.2, 0) is 16.1 Å². The molecule has 124 valence electrons. The van der Waals surface area contributed by atoms with Crippen molar-refractivity contribution in [2.75, 3.05) is 20.2 Å². The molecule has 1 aliphatic rings. The number of nitrogens with zero attached hydrogens (tertiary/aromatic N) is 2.